The smallest absolute Gasteiger partial charge is 0.209 e. The fraction of sp³-hybridized carbons (Fsp3) is 0.118. The van der Waals surface area contributed by atoms with Gasteiger partial charge in [0, 0.05) is 22.9 Å². The standard InChI is InChI=1S/C17H13NO/c1-10-5-4-8-13-14-9-11-6-2-3-7-12(11)17(19)16(14)18-15(10)13/h2-8,18H,9H2,1H3. The first-order valence-corrected chi connectivity index (χ1v) is 6.48. The fourth-order valence-corrected chi connectivity index (χ4v) is 3.02. The highest BCUT2D eigenvalue weighted by Gasteiger charge is 2.26. The van der Waals surface area contributed by atoms with Gasteiger partial charge in [-0.3, -0.25) is 4.79 Å². The molecule has 19 heavy (non-hydrogen) atoms. The van der Waals surface area contributed by atoms with Gasteiger partial charge in [0.2, 0.25) is 5.78 Å². The summed E-state index contributed by atoms with van der Waals surface area (Å²) in [6, 6.07) is 14.1. The molecular weight excluding hydrogens is 234 g/mol. The second-order valence-corrected chi connectivity index (χ2v) is 5.14. The lowest BCUT2D eigenvalue weighted by Crippen LogP contribution is -2.14. The van der Waals surface area contributed by atoms with Crippen LogP contribution in [0.1, 0.15) is 32.7 Å². The van der Waals surface area contributed by atoms with Gasteiger partial charge in [-0.25, -0.2) is 0 Å². The van der Waals surface area contributed by atoms with Crippen LogP contribution in [0.3, 0.4) is 0 Å². The number of rotatable bonds is 0. The van der Waals surface area contributed by atoms with Crippen molar-refractivity contribution in [2.45, 2.75) is 13.3 Å². The molecule has 0 fully saturated rings. The first kappa shape index (κ1) is 10.6. The van der Waals surface area contributed by atoms with Crippen molar-refractivity contribution in [3.8, 4) is 0 Å². The van der Waals surface area contributed by atoms with Gasteiger partial charge >= 0.3 is 0 Å². The van der Waals surface area contributed by atoms with Crippen molar-refractivity contribution in [3.05, 3.63) is 70.4 Å². The molecular formula is C17H13NO. The molecule has 2 heteroatoms. The number of carbonyl (C=O) groups excluding carboxylic acids is 1. The van der Waals surface area contributed by atoms with Crippen LogP contribution in [0.4, 0.5) is 0 Å². The van der Waals surface area contributed by atoms with E-state index in [1.165, 1.54) is 10.9 Å². The lowest BCUT2D eigenvalue weighted by Gasteiger charge is -2.14. The van der Waals surface area contributed by atoms with E-state index < -0.39 is 0 Å². The van der Waals surface area contributed by atoms with Crippen LogP contribution in [-0.2, 0) is 6.42 Å². The Morgan fingerprint density at radius 3 is 2.79 bits per heavy atom. The zero-order valence-electron chi connectivity index (χ0n) is 10.7. The average molecular weight is 247 g/mol. The van der Waals surface area contributed by atoms with Crippen LogP contribution >= 0.6 is 0 Å². The van der Waals surface area contributed by atoms with Crippen molar-refractivity contribution < 1.29 is 4.79 Å². The number of fused-ring (bicyclic) bond motifs is 4. The minimum atomic E-state index is 0.118. The Hall–Kier alpha value is -2.35. The van der Waals surface area contributed by atoms with Gasteiger partial charge in [-0.05, 0) is 23.6 Å². The number of aromatic nitrogens is 1. The molecule has 92 valence electrons. The van der Waals surface area contributed by atoms with E-state index in [1.54, 1.807) is 0 Å². The molecule has 1 heterocycles. The maximum Gasteiger partial charge on any atom is 0.209 e. The summed E-state index contributed by atoms with van der Waals surface area (Å²) in [4.78, 5) is 15.9. The lowest BCUT2D eigenvalue weighted by molar-refractivity contribution is 0.103. The summed E-state index contributed by atoms with van der Waals surface area (Å²) < 4.78 is 0. The SMILES string of the molecule is Cc1cccc2c3c([nH]c12)C(=O)c1ccccc1C3. The van der Waals surface area contributed by atoms with Gasteiger partial charge in [-0.15, -0.1) is 0 Å². The molecule has 0 spiro atoms. The Morgan fingerprint density at radius 1 is 1.05 bits per heavy atom. The second-order valence-electron chi connectivity index (χ2n) is 5.14. The van der Waals surface area contributed by atoms with Crippen LogP contribution in [0.25, 0.3) is 10.9 Å². The highest BCUT2D eigenvalue weighted by atomic mass is 16.1. The molecule has 0 atom stereocenters. The maximum atomic E-state index is 12.6. The molecule has 2 aromatic carbocycles. The topological polar surface area (TPSA) is 32.9 Å². The predicted octanol–water partition coefficient (Wildman–Crippen LogP) is 3.61. The molecule has 0 bridgehead atoms. The van der Waals surface area contributed by atoms with Gasteiger partial charge in [0.25, 0.3) is 0 Å². The number of H-pyrrole nitrogens is 1. The number of aromatic amines is 1. The minimum absolute atomic E-state index is 0.118. The van der Waals surface area contributed by atoms with E-state index in [9.17, 15) is 4.79 Å². The first-order chi connectivity index (χ1) is 9.25. The quantitative estimate of drug-likeness (QED) is 0.506. The van der Waals surface area contributed by atoms with Crippen LogP contribution < -0.4 is 0 Å². The molecule has 0 aliphatic heterocycles. The van der Waals surface area contributed by atoms with Crippen molar-refractivity contribution in [2.75, 3.05) is 0 Å². The Morgan fingerprint density at radius 2 is 1.89 bits per heavy atom. The molecule has 4 rings (SSSR count). The Kier molecular flexibility index (Phi) is 1.99. The summed E-state index contributed by atoms with van der Waals surface area (Å²) in [6.45, 7) is 2.07. The number of aryl methyl sites for hydroxylation is 1. The summed E-state index contributed by atoms with van der Waals surface area (Å²) in [5.41, 5.74) is 6.14. The third-order valence-corrected chi connectivity index (χ3v) is 4.01. The van der Waals surface area contributed by atoms with Crippen LogP contribution in [0.2, 0.25) is 0 Å². The van der Waals surface area contributed by atoms with Crippen LogP contribution in [-0.4, -0.2) is 10.8 Å². The normalized spacial score (nSPS) is 13.4. The van der Waals surface area contributed by atoms with Crippen LogP contribution in [0, 0.1) is 6.92 Å². The van der Waals surface area contributed by atoms with E-state index in [0.717, 1.165) is 34.3 Å². The third kappa shape index (κ3) is 1.34. The fourth-order valence-electron chi connectivity index (χ4n) is 3.02. The second kappa shape index (κ2) is 3.58. The Bertz CT molecular complexity index is 826. The number of hydrogen-bond acceptors (Lipinski definition) is 1. The van der Waals surface area contributed by atoms with Crippen molar-refractivity contribution in [1.82, 2.24) is 4.98 Å². The third-order valence-electron chi connectivity index (χ3n) is 4.01. The number of nitrogens with one attached hydrogen (secondary N) is 1. The van der Waals surface area contributed by atoms with Gasteiger partial charge in [-0.2, -0.15) is 0 Å². The number of ketones is 1. The molecule has 2 nitrogen and oxygen atoms in total. The van der Waals surface area contributed by atoms with E-state index in [1.807, 2.05) is 24.3 Å². The lowest BCUT2D eigenvalue weighted by atomic mass is 9.88. The van der Waals surface area contributed by atoms with Crippen molar-refractivity contribution in [2.24, 2.45) is 0 Å². The summed E-state index contributed by atoms with van der Waals surface area (Å²) in [5, 5.41) is 1.18. The number of hydrogen-bond donors (Lipinski definition) is 1. The Balaban J connectivity index is 2.06. The molecule has 1 N–H and O–H groups in total. The molecule has 0 unspecified atom stereocenters. The first-order valence-electron chi connectivity index (χ1n) is 6.48. The predicted molar refractivity (Wildman–Crippen MR) is 75.7 cm³/mol. The van der Waals surface area contributed by atoms with E-state index in [0.29, 0.717) is 0 Å². The van der Waals surface area contributed by atoms with Gasteiger partial charge in [0.15, 0.2) is 0 Å². The zero-order valence-corrected chi connectivity index (χ0v) is 10.7. The molecule has 1 aliphatic rings. The molecule has 3 aromatic rings. The minimum Gasteiger partial charge on any atom is -0.351 e. The molecule has 1 aliphatic carbocycles. The largest absolute Gasteiger partial charge is 0.351 e. The van der Waals surface area contributed by atoms with Gasteiger partial charge in [-0.1, -0.05) is 42.5 Å². The zero-order chi connectivity index (χ0) is 13.0. The molecule has 0 saturated heterocycles. The summed E-state index contributed by atoms with van der Waals surface area (Å²) in [7, 11) is 0. The molecule has 0 radical (unpaired) electrons. The average Bonchev–Trinajstić information content (AvgIpc) is 2.80. The van der Waals surface area contributed by atoms with Crippen molar-refractivity contribution in [3.63, 3.8) is 0 Å². The summed E-state index contributed by atoms with van der Waals surface area (Å²) in [5.74, 6) is 0.118. The van der Waals surface area contributed by atoms with E-state index in [4.69, 9.17) is 0 Å². The van der Waals surface area contributed by atoms with Crippen molar-refractivity contribution in [1.29, 1.82) is 0 Å². The highest BCUT2D eigenvalue weighted by Crippen LogP contribution is 2.33. The Labute approximate surface area is 111 Å². The van der Waals surface area contributed by atoms with Gasteiger partial charge < -0.3 is 4.98 Å². The number of benzene rings is 2. The molecule has 1 aromatic heterocycles. The van der Waals surface area contributed by atoms with Crippen LogP contribution in [0.15, 0.2) is 42.5 Å². The molecule has 0 saturated carbocycles. The van der Waals surface area contributed by atoms with Gasteiger partial charge in [0.05, 0.1) is 5.69 Å². The van der Waals surface area contributed by atoms with Crippen LogP contribution in [0.5, 0.6) is 0 Å². The maximum absolute atomic E-state index is 12.6. The summed E-state index contributed by atoms with van der Waals surface area (Å²) >= 11 is 0. The molecule has 0 amide bonds. The monoisotopic (exact) mass is 247 g/mol. The number of para-hydroxylation sites is 1. The van der Waals surface area contributed by atoms with E-state index in [-0.39, 0.29) is 5.78 Å². The van der Waals surface area contributed by atoms with E-state index in [2.05, 4.69) is 30.1 Å². The highest BCUT2D eigenvalue weighted by molar-refractivity contribution is 6.14. The van der Waals surface area contributed by atoms with Crippen molar-refractivity contribution >= 4 is 16.7 Å². The van der Waals surface area contributed by atoms with Gasteiger partial charge in [0.1, 0.15) is 0 Å². The summed E-state index contributed by atoms with van der Waals surface area (Å²) in [6.07, 6.45) is 0.834. The number of carbonyl (C=O) groups is 1. The van der Waals surface area contributed by atoms with E-state index >= 15 is 0 Å².